The molecule has 0 bridgehead atoms. The fourth-order valence-electron chi connectivity index (χ4n) is 3.70. The first-order valence-electron chi connectivity index (χ1n) is 8.43. The molecule has 0 fully saturated rings. The minimum Gasteiger partial charge on any atom is -0.423 e. The van der Waals surface area contributed by atoms with Gasteiger partial charge in [0.1, 0.15) is 5.75 Å². The normalized spacial score (nSPS) is 16.9. The van der Waals surface area contributed by atoms with Crippen LogP contribution in [0.25, 0.3) is 5.57 Å². The van der Waals surface area contributed by atoms with Crippen LogP contribution >= 0.6 is 15.9 Å². The van der Waals surface area contributed by atoms with Crippen LogP contribution in [0.4, 0.5) is 5.69 Å². The maximum absolute atomic E-state index is 12.5. The molecule has 0 atom stereocenters. The number of hydrogen-bond donors (Lipinski definition) is 0. The molecule has 0 saturated heterocycles. The van der Waals surface area contributed by atoms with Gasteiger partial charge in [0.05, 0.1) is 22.4 Å². The lowest BCUT2D eigenvalue weighted by Gasteiger charge is -2.38. The molecule has 2 aliphatic heterocycles. The van der Waals surface area contributed by atoms with Gasteiger partial charge >= 0.3 is 5.97 Å². The van der Waals surface area contributed by atoms with E-state index in [2.05, 4.69) is 15.9 Å². The monoisotopic (exact) mass is 425 g/mol. The van der Waals surface area contributed by atoms with Crippen LogP contribution < -0.4 is 9.64 Å². The molecule has 136 valence electrons. The summed E-state index contributed by atoms with van der Waals surface area (Å²) in [4.78, 5) is 39.0. The van der Waals surface area contributed by atoms with Gasteiger partial charge in [0, 0.05) is 10.0 Å². The highest BCUT2D eigenvalue weighted by molar-refractivity contribution is 9.10. The van der Waals surface area contributed by atoms with Crippen LogP contribution in [-0.4, -0.2) is 23.2 Å². The van der Waals surface area contributed by atoms with Crippen LogP contribution in [0.15, 0.2) is 46.9 Å². The highest BCUT2D eigenvalue weighted by atomic mass is 79.9. The zero-order valence-corrected chi connectivity index (χ0v) is 16.6. The third-order valence-electron chi connectivity index (χ3n) is 4.79. The Morgan fingerprint density at radius 3 is 2.52 bits per heavy atom. The van der Waals surface area contributed by atoms with E-state index in [9.17, 15) is 14.4 Å². The van der Waals surface area contributed by atoms with Crippen molar-refractivity contribution in [3.05, 3.63) is 63.6 Å². The highest BCUT2D eigenvalue weighted by Gasteiger charge is 2.47. The second-order valence-electron chi connectivity index (χ2n) is 7.22. The van der Waals surface area contributed by atoms with Crippen molar-refractivity contribution in [2.45, 2.75) is 26.3 Å². The van der Waals surface area contributed by atoms with Crippen LogP contribution in [0, 0.1) is 0 Å². The molecule has 2 aliphatic rings. The molecule has 6 heteroatoms. The van der Waals surface area contributed by atoms with Gasteiger partial charge < -0.3 is 4.74 Å². The van der Waals surface area contributed by atoms with E-state index in [4.69, 9.17) is 4.74 Å². The molecule has 2 aromatic rings. The van der Waals surface area contributed by atoms with E-state index in [1.54, 1.807) is 24.3 Å². The lowest BCUT2D eigenvalue weighted by atomic mass is 9.89. The topological polar surface area (TPSA) is 63.7 Å². The Hall–Kier alpha value is -2.73. The number of benzene rings is 2. The lowest BCUT2D eigenvalue weighted by Crippen LogP contribution is -2.47. The number of halogens is 1. The Bertz CT molecular complexity index is 1070. The van der Waals surface area contributed by atoms with Crippen molar-refractivity contribution in [1.29, 1.82) is 0 Å². The van der Waals surface area contributed by atoms with Gasteiger partial charge in [-0.1, -0.05) is 28.1 Å². The number of nitrogens with zero attached hydrogens (tertiary/aromatic N) is 1. The number of Topliss-reactive ketones (excluding diaryl/α,β-unsaturated/α-hetero) is 1. The van der Waals surface area contributed by atoms with Gasteiger partial charge in [-0.2, -0.15) is 0 Å². The lowest BCUT2D eigenvalue weighted by molar-refractivity contribution is -0.115. The maximum atomic E-state index is 12.5. The van der Waals surface area contributed by atoms with E-state index in [1.165, 1.54) is 11.0 Å². The molecule has 0 unspecified atom stereocenters. The number of allylic oxidation sites excluding steroid dienone is 1. The fourth-order valence-corrected chi connectivity index (χ4v) is 4.10. The van der Waals surface area contributed by atoms with Gasteiger partial charge in [0.25, 0.3) is 11.7 Å². The van der Waals surface area contributed by atoms with E-state index in [-0.39, 0.29) is 11.3 Å². The van der Waals surface area contributed by atoms with Crippen molar-refractivity contribution in [3.63, 3.8) is 0 Å². The van der Waals surface area contributed by atoms with Crippen LogP contribution in [0.5, 0.6) is 5.75 Å². The Morgan fingerprint density at radius 1 is 1.11 bits per heavy atom. The molecule has 0 N–H and O–H groups in total. The van der Waals surface area contributed by atoms with E-state index in [0.29, 0.717) is 11.3 Å². The third-order valence-corrected chi connectivity index (χ3v) is 5.28. The zero-order valence-electron chi connectivity index (χ0n) is 15.0. The van der Waals surface area contributed by atoms with E-state index < -0.39 is 23.2 Å². The van der Waals surface area contributed by atoms with Crippen LogP contribution in [0.2, 0.25) is 0 Å². The van der Waals surface area contributed by atoms with Gasteiger partial charge in [-0.15, -0.1) is 0 Å². The molecule has 1 amide bonds. The average Bonchev–Trinajstić information content (AvgIpc) is 2.85. The summed E-state index contributed by atoms with van der Waals surface area (Å²) in [5.74, 6) is -1.43. The predicted molar refractivity (Wildman–Crippen MR) is 105 cm³/mol. The number of hydrogen-bond acceptors (Lipinski definition) is 4. The van der Waals surface area contributed by atoms with Crippen molar-refractivity contribution >= 4 is 44.9 Å². The van der Waals surface area contributed by atoms with Crippen LogP contribution in [0.1, 0.15) is 47.1 Å². The Balaban J connectivity index is 1.79. The Kier molecular flexibility index (Phi) is 3.85. The van der Waals surface area contributed by atoms with Crippen molar-refractivity contribution in [3.8, 4) is 5.75 Å². The zero-order chi connectivity index (χ0) is 19.5. The number of anilines is 1. The van der Waals surface area contributed by atoms with Gasteiger partial charge in [0.2, 0.25) is 0 Å². The van der Waals surface area contributed by atoms with E-state index in [0.717, 1.165) is 15.6 Å². The largest absolute Gasteiger partial charge is 0.423 e. The van der Waals surface area contributed by atoms with Crippen molar-refractivity contribution in [2.75, 3.05) is 4.90 Å². The van der Waals surface area contributed by atoms with Crippen LogP contribution in [-0.2, 0) is 4.79 Å². The molecule has 2 aromatic carbocycles. The van der Waals surface area contributed by atoms with Gasteiger partial charge in [0.15, 0.2) is 0 Å². The molecule has 5 nitrogen and oxygen atoms in total. The summed E-state index contributed by atoms with van der Waals surface area (Å²) in [6, 6.07) is 10.0. The SMILES string of the molecule is CC1=CC(C)(C)N2C(=O)C(=O)c3cc(OC(=O)c4cccc(Br)c4)cc1c32. The first-order chi connectivity index (χ1) is 12.7. The standard InChI is InChI=1S/C21H16BrNO4/c1-11-10-21(2,3)23-17-15(11)8-14(9-16(17)18(24)19(23)25)27-20(26)12-5-4-6-13(22)7-12/h4-10H,1-3H3. The predicted octanol–water partition coefficient (Wildman–Crippen LogP) is 4.39. The van der Waals surface area contributed by atoms with Gasteiger partial charge in [-0.05, 0) is 56.7 Å². The summed E-state index contributed by atoms with van der Waals surface area (Å²) in [6.07, 6.45) is 1.94. The molecule has 0 aliphatic carbocycles. The van der Waals surface area contributed by atoms with Gasteiger partial charge in [-0.3, -0.25) is 14.5 Å². The van der Waals surface area contributed by atoms with E-state index in [1.807, 2.05) is 32.9 Å². The average molecular weight is 426 g/mol. The molecular weight excluding hydrogens is 410 g/mol. The Labute approximate surface area is 164 Å². The number of amides is 1. The number of ether oxygens (including phenoxy) is 1. The Morgan fingerprint density at radius 2 is 1.81 bits per heavy atom. The molecular formula is C21H16BrNO4. The highest BCUT2D eigenvalue weighted by Crippen LogP contribution is 2.46. The fraction of sp³-hybridized carbons (Fsp3) is 0.190. The van der Waals surface area contributed by atoms with E-state index >= 15 is 0 Å². The first kappa shape index (κ1) is 17.7. The molecule has 0 saturated carbocycles. The summed E-state index contributed by atoms with van der Waals surface area (Å²) >= 11 is 3.32. The number of carbonyl (C=O) groups is 3. The summed E-state index contributed by atoms with van der Waals surface area (Å²) in [6.45, 7) is 5.70. The number of ketones is 1. The van der Waals surface area contributed by atoms with Gasteiger partial charge in [-0.25, -0.2) is 4.79 Å². The summed E-state index contributed by atoms with van der Waals surface area (Å²) in [7, 11) is 0. The molecule has 0 radical (unpaired) electrons. The van der Waals surface area contributed by atoms with Crippen molar-refractivity contribution < 1.29 is 19.1 Å². The summed E-state index contributed by atoms with van der Waals surface area (Å²) in [5, 5.41) is 0. The molecule has 2 heterocycles. The summed E-state index contributed by atoms with van der Waals surface area (Å²) < 4.78 is 6.26. The number of esters is 1. The first-order valence-corrected chi connectivity index (χ1v) is 9.23. The van der Waals surface area contributed by atoms with Crippen molar-refractivity contribution in [2.24, 2.45) is 0 Å². The summed E-state index contributed by atoms with van der Waals surface area (Å²) in [5.41, 5.74) is 2.31. The quantitative estimate of drug-likeness (QED) is 0.406. The number of rotatable bonds is 2. The molecule has 4 rings (SSSR count). The molecule has 27 heavy (non-hydrogen) atoms. The minimum absolute atomic E-state index is 0.240. The minimum atomic E-state index is -0.594. The van der Waals surface area contributed by atoms with Crippen molar-refractivity contribution in [1.82, 2.24) is 0 Å². The molecule has 0 aromatic heterocycles. The second kappa shape index (κ2) is 5.89. The number of carbonyl (C=O) groups excluding carboxylic acids is 3. The third kappa shape index (κ3) is 2.72. The molecule has 0 spiro atoms. The smallest absolute Gasteiger partial charge is 0.343 e. The van der Waals surface area contributed by atoms with Crippen LogP contribution in [0.3, 0.4) is 0 Å². The second-order valence-corrected chi connectivity index (χ2v) is 8.13. The maximum Gasteiger partial charge on any atom is 0.343 e.